The Morgan fingerprint density at radius 2 is 1.56 bits per heavy atom. The van der Waals surface area contributed by atoms with Crippen LogP contribution in [0.3, 0.4) is 0 Å². The fourth-order valence-electron chi connectivity index (χ4n) is 3.97. The molecule has 0 heterocycles. The average Bonchev–Trinajstić information content (AvgIpc) is 2.90. The summed E-state index contributed by atoms with van der Waals surface area (Å²) in [6.45, 7) is 7.18. The van der Waals surface area contributed by atoms with Crippen molar-refractivity contribution in [1.29, 1.82) is 0 Å². The smallest absolute Gasteiger partial charge is 0.244 e. The summed E-state index contributed by atoms with van der Waals surface area (Å²) in [5, 5.41) is 2.92. The van der Waals surface area contributed by atoms with Gasteiger partial charge in [0.2, 0.25) is 21.8 Å². The number of para-hydroxylation sites is 1. The monoisotopic (exact) mass is 551 g/mol. The topological polar surface area (TPSA) is 96.0 Å². The first kappa shape index (κ1) is 29.7. The minimum absolute atomic E-state index is 0.0555. The number of carbonyl (C=O) groups is 2. The lowest BCUT2D eigenvalue weighted by Gasteiger charge is -2.32. The number of carbonyl (C=O) groups excluding carboxylic acids is 2. The van der Waals surface area contributed by atoms with E-state index < -0.39 is 28.5 Å². The van der Waals surface area contributed by atoms with Gasteiger partial charge in [-0.15, -0.1) is 0 Å². The average molecular weight is 552 g/mol. The molecule has 3 aromatic carbocycles. The van der Waals surface area contributed by atoms with Gasteiger partial charge in [0.15, 0.2) is 0 Å². The molecule has 0 saturated carbocycles. The van der Waals surface area contributed by atoms with E-state index in [1.54, 1.807) is 31.2 Å². The van der Waals surface area contributed by atoms with Gasteiger partial charge in [-0.25, -0.2) is 8.42 Å². The second-order valence-corrected chi connectivity index (χ2v) is 11.6. The molecule has 0 fully saturated rings. The maximum absolute atomic E-state index is 13.7. The van der Waals surface area contributed by atoms with Gasteiger partial charge in [0.05, 0.1) is 11.9 Å². The molecule has 39 heavy (non-hydrogen) atoms. The Morgan fingerprint density at radius 3 is 2.15 bits per heavy atom. The molecule has 0 aliphatic heterocycles. The summed E-state index contributed by atoms with van der Waals surface area (Å²) in [6.07, 6.45) is 1.80. The number of ether oxygens (including phenoxy) is 1. The minimum atomic E-state index is -3.82. The van der Waals surface area contributed by atoms with E-state index in [2.05, 4.69) is 5.32 Å². The molecule has 0 spiro atoms. The van der Waals surface area contributed by atoms with Crippen molar-refractivity contribution in [2.24, 2.45) is 0 Å². The van der Waals surface area contributed by atoms with E-state index in [9.17, 15) is 18.0 Å². The summed E-state index contributed by atoms with van der Waals surface area (Å²) >= 11 is 0. The van der Waals surface area contributed by atoms with E-state index >= 15 is 0 Å². The molecule has 2 unspecified atom stereocenters. The van der Waals surface area contributed by atoms with Crippen molar-refractivity contribution in [3.8, 4) is 11.5 Å². The Bertz CT molecular complexity index is 1360. The van der Waals surface area contributed by atoms with Crippen LogP contribution in [-0.2, 0) is 26.2 Å². The number of hydrogen-bond acceptors (Lipinski definition) is 5. The van der Waals surface area contributed by atoms with Crippen LogP contribution in [0.5, 0.6) is 11.5 Å². The largest absolute Gasteiger partial charge is 0.457 e. The predicted molar refractivity (Wildman–Crippen MR) is 154 cm³/mol. The SMILES string of the molecule is CCC(C)NC(=O)C(C)N(Cc1cccc(C)c1)C(=O)CN(c1ccc(Oc2ccccc2)cc1)S(C)(=O)=O. The van der Waals surface area contributed by atoms with Crippen molar-refractivity contribution in [3.05, 3.63) is 90.0 Å². The second kappa shape index (κ2) is 13.3. The predicted octanol–water partition coefficient (Wildman–Crippen LogP) is 4.89. The van der Waals surface area contributed by atoms with E-state index in [0.29, 0.717) is 17.2 Å². The fourth-order valence-corrected chi connectivity index (χ4v) is 4.82. The number of hydrogen-bond donors (Lipinski definition) is 1. The highest BCUT2D eigenvalue weighted by atomic mass is 32.2. The molecule has 0 aliphatic rings. The number of benzene rings is 3. The molecule has 3 rings (SSSR count). The molecule has 9 heteroatoms. The van der Waals surface area contributed by atoms with Crippen molar-refractivity contribution >= 4 is 27.5 Å². The Balaban J connectivity index is 1.86. The van der Waals surface area contributed by atoms with Crippen molar-refractivity contribution in [2.45, 2.75) is 52.7 Å². The van der Waals surface area contributed by atoms with Crippen molar-refractivity contribution in [2.75, 3.05) is 17.1 Å². The third-order valence-corrected chi connectivity index (χ3v) is 7.53. The molecule has 0 aliphatic carbocycles. The number of nitrogens with zero attached hydrogens (tertiary/aromatic N) is 2. The molecule has 0 radical (unpaired) electrons. The molecule has 1 N–H and O–H groups in total. The molecule has 8 nitrogen and oxygen atoms in total. The molecule has 0 bridgehead atoms. The van der Waals surface area contributed by atoms with Gasteiger partial charge in [-0.3, -0.25) is 13.9 Å². The van der Waals surface area contributed by atoms with Crippen LogP contribution in [0.15, 0.2) is 78.9 Å². The highest BCUT2D eigenvalue weighted by Crippen LogP contribution is 2.26. The lowest BCUT2D eigenvalue weighted by Crippen LogP contribution is -2.52. The molecule has 0 saturated heterocycles. The zero-order valence-electron chi connectivity index (χ0n) is 23.1. The van der Waals surface area contributed by atoms with Crippen LogP contribution in [0.4, 0.5) is 5.69 Å². The van der Waals surface area contributed by atoms with Gasteiger partial charge < -0.3 is 15.0 Å². The van der Waals surface area contributed by atoms with Crippen LogP contribution in [0.2, 0.25) is 0 Å². The zero-order chi connectivity index (χ0) is 28.6. The van der Waals surface area contributed by atoms with Crippen LogP contribution < -0.4 is 14.4 Å². The number of anilines is 1. The van der Waals surface area contributed by atoms with E-state index in [1.807, 2.05) is 75.4 Å². The highest BCUT2D eigenvalue weighted by Gasteiger charge is 2.30. The summed E-state index contributed by atoms with van der Waals surface area (Å²) in [7, 11) is -3.82. The summed E-state index contributed by atoms with van der Waals surface area (Å²) in [5.74, 6) is 0.398. The van der Waals surface area contributed by atoms with Crippen LogP contribution in [-0.4, -0.2) is 50.0 Å². The molecular formula is C30H37N3O5S. The fraction of sp³-hybridized carbons (Fsp3) is 0.333. The van der Waals surface area contributed by atoms with E-state index in [0.717, 1.165) is 28.1 Å². The lowest BCUT2D eigenvalue weighted by atomic mass is 10.1. The minimum Gasteiger partial charge on any atom is -0.457 e. The number of amides is 2. The van der Waals surface area contributed by atoms with Gasteiger partial charge in [0.1, 0.15) is 24.1 Å². The Labute approximate surface area is 231 Å². The molecule has 0 aromatic heterocycles. The van der Waals surface area contributed by atoms with Gasteiger partial charge in [-0.05, 0) is 69.2 Å². The van der Waals surface area contributed by atoms with Crippen molar-refractivity contribution < 1.29 is 22.7 Å². The van der Waals surface area contributed by atoms with E-state index in [4.69, 9.17) is 4.74 Å². The van der Waals surface area contributed by atoms with Crippen LogP contribution in [0, 0.1) is 6.92 Å². The first-order chi connectivity index (χ1) is 18.5. The lowest BCUT2D eigenvalue weighted by molar-refractivity contribution is -0.139. The standard InChI is InChI=1S/C30H37N3O5S/c1-6-23(3)31-30(35)24(4)32(20-25-12-10-11-22(2)19-25)29(34)21-33(39(5,36)37)26-15-17-28(18-16-26)38-27-13-8-7-9-14-27/h7-19,23-24H,6,20-21H2,1-5H3,(H,31,35). The number of nitrogens with one attached hydrogen (secondary N) is 1. The Morgan fingerprint density at radius 1 is 0.923 bits per heavy atom. The quantitative estimate of drug-likeness (QED) is 0.346. The van der Waals surface area contributed by atoms with Gasteiger partial charge in [-0.2, -0.15) is 0 Å². The molecular weight excluding hydrogens is 514 g/mol. The van der Waals surface area contributed by atoms with E-state index in [1.165, 1.54) is 4.90 Å². The van der Waals surface area contributed by atoms with Crippen LogP contribution in [0.25, 0.3) is 0 Å². The number of aryl methyl sites for hydroxylation is 1. The third kappa shape index (κ3) is 8.58. The van der Waals surface area contributed by atoms with Gasteiger partial charge in [0.25, 0.3) is 0 Å². The molecule has 2 amide bonds. The summed E-state index contributed by atoms with van der Waals surface area (Å²) in [4.78, 5) is 28.1. The van der Waals surface area contributed by atoms with Gasteiger partial charge in [0, 0.05) is 12.6 Å². The maximum atomic E-state index is 13.7. The normalized spacial score (nSPS) is 12.7. The van der Waals surface area contributed by atoms with Gasteiger partial charge >= 0.3 is 0 Å². The number of sulfonamides is 1. The first-order valence-electron chi connectivity index (χ1n) is 12.9. The number of rotatable bonds is 12. The third-order valence-electron chi connectivity index (χ3n) is 6.39. The summed E-state index contributed by atoms with van der Waals surface area (Å²) < 4.78 is 32.5. The Kier molecular flexibility index (Phi) is 10.1. The first-order valence-corrected chi connectivity index (χ1v) is 14.8. The highest BCUT2D eigenvalue weighted by molar-refractivity contribution is 7.92. The zero-order valence-corrected chi connectivity index (χ0v) is 23.9. The van der Waals surface area contributed by atoms with E-state index in [-0.39, 0.29) is 18.5 Å². The maximum Gasteiger partial charge on any atom is 0.244 e. The molecule has 3 aromatic rings. The molecule has 2 atom stereocenters. The van der Waals surface area contributed by atoms with Crippen LogP contribution >= 0.6 is 0 Å². The van der Waals surface area contributed by atoms with Crippen LogP contribution in [0.1, 0.15) is 38.3 Å². The van der Waals surface area contributed by atoms with Gasteiger partial charge in [-0.1, -0.05) is 55.0 Å². The summed E-state index contributed by atoms with van der Waals surface area (Å²) in [6, 6.07) is 22.5. The van der Waals surface area contributed by atoms with Crippen molar-refractivity contribution in [1.82, 2.24) is 10.2 Å². The second-order valence-electron chi connectivity index (χ2n) is 9.68. The Hall–Kier alpha value is -3.85. The molecule has 208 valence electrons. The van der Waals surface area contributed by atoms with Crippen molar-refractivity contribution in [3.63, 3.8) is 0 Å². The summed E-state index contributed by atoms with van der Waals surface area (Å²) in [5.41, 5.74) is 2.19.